The van der Waals surface area contributed by atoms with Crippen molar-refractivity contribution in [2.24, 2.45) is 0 Å². The Hall–Kier alpha value is -2.34. The quantitative estimate of drug-likeness (QED) is 0.478. The Labute approximate surface area is 141 Å². The molecule has 0 spiro atoms. The molecular formula is C14H19N5O6. The lowest BCUT2D eigenvalue weighted by molar-refractivity contribution is -0.0327. The molecule has 3 heterocycles. The number of hydrogen-bond acceptors (Lipinski definition) is 8. The number of rotatable bonds is 5. The molecule has 0 aromatic carbocycles. The van der Waals surface area contributed by atoms with Gasteiger partial charge in [0.2, 0.25) is 0 Å². The zero-order valence-electron chi connectivity index (χ0n) is 13.5. The first-order valence-electron chi connectivity index (χ1n) is 7.73. The Morgan fingerprint density at radius 2 is 2.08 bits per heavy atom. The number of hydrogen-bond donors (Lipinski definition) is 4. The van der Waals surface area contributed by atoms with Crippen LogP contribution in [-0.2, 0) is 18.0 Å². The zero-order valence-corrected chi connectivity index (χ0v) is 13.5. The maximum atomic E-state index is 12.0. The second-order valence-corrected chi connectivity index (χ2v) is 5.84. The van der Waals surface area contributed by atoms with Crippen molar-refractivity contribution in [3.63, 3.8) is 0 Å². The second-order valence-electron chi connectivity index (χ2n) is 5.84. The van der Waals surface area contributed by atoms with Gasteiger partial charge in [0.15, 0.2) is 0 Å². The molecule has 1 aliphatic heterocycles. The molecule has 0 amide bonds. The fourth-order valence-corrected chi connectivity index (χ4v) is 3.01. The Balaban J connectivity index is 1.96. The number of aliphatic hydroxyl groups excluding tert-OH is 3. The molecule has 25 heavy (non-hydrogen) atoms. The van der Waals surface area contributed by atoms with Crippen LogP contribution in [0.2, 0.25) is 0 Å². The summed E-state index contributed by atoms with van der Waals surface area (Å²) in [6.45, 7) is 0.464. The van der Waals surface area contributed by atoms with E-state index >= 15 is 0 Å². The maximum Gasteiger partial charge on any atom is 0.330 e. The molecule has 11 heteroatoms. The third-order valence-electron chi connectivity index (χ3n) is 4.33. The normalized spacial score (nSPS) is 23.3. The topological polar surface area (TPSA) is 155 Å². The molecule has 1 fully saturated rings. The van der Waals surface area contributed by atoms with E-state index in [4.69, 9.17) is 4.74 Å². The molecule has 1 aliphatic rings. The van der Waals surface area contributed by atoms with Gasteiger partial charge in [-0.25, -0.2) is 9.48 Å². The smallest absolute Gasteiger partial charge is 0.330 e. The summed E-state index contributed by atoms with van der Waals surface area (Å²) in [5.41, 5.74) is -0.178. The van der Waals surface area contributed by atoms with Gasteiger partial charge in [0.05, 0.1) is 31.6 Å². The van der Waals surface area contributed by atoms with Crippen LogP contribution >= 0.6 is 0 Å². The fourth-order valence-electron chi connectivity index (χ4n) is 3.01. The van der Waals surface area contributed by atoms with Crippen molar-refractivity contribution >= 4 is 0 Å². The van der Waals surface area contributed by atoms with E-state index in [1.165, 1.54) is 15.4 Å². The van der Waals surface area contributed by atoms with Gasteiger partial charge in [0, 0.05) is 18.2 Å². The van der Waals surface area contributed by atoms with Crippen LogP contribution in [0.4, 0.5) is 0 Å². The van der Waals surface area contributed by atoms with Crippen molar-refractivity contribution in [3.05, 3.63) is 44.0 Å². The van der Waals surface area contributed by atoms with E-state index < -0.39 is 29.6 Å². The van der Waals surface area contributed by atoms with Crippen molar-refractivity contribution in [1.82, 2.24) is 24.5 Å². The van der Waals surface area contributed by atoms with Gasteiger partial charge in [-0.15, -0.1) is 5.10 Å². The number of aliphatic hydroxyl groups is 3. The van der Waals surface area contributed by atoms with Gasteiger partial charge in [-0.05, 0) is 6.92 Å². The Bertz CT molecular complexity index is 871. The van der Waals surface area contributed by atoms with Crippen LogP contribution in [0.1, 0.15) is 35.6 Å². The van der Waals surface area contributed by atoms with Crippen LogP contribution in [0.3, 0.4) is 0 Å². The van der Waals surface area contributed by atoms with Gasteiger partial charge >= 0.3 is 5.69 Å². The highest BCUT2D eigenvalue weighted by Gasteiger charge is 2.39. The summed E-state index contributed by atoms with van der Waals surface area (Å²) in [6.07, 6.45) is 0.245. The van der Waals surface area contributed by atoms with Crippen LogP contribution in [0.25, 0.3) is 0 Å². The SMILES string of the molecule is Cc1cn([C@H]2CC(n3nnc(CO)c3CO)[C@@H](CO)O2)c(=O)[nH]c1=O. The summed E-state index contributed by atoms with van der Waals surface area (Å²) in [7, 11) is 0. The number of aromatic nitrogens is 5. The highest BCUT2D eigenvalue weighted by molar-refractivity contribution is 5.10. The predicted molar refractivity (Wildman–Crippen MR) is 82.6 cm³/mol. The molecular weight excluding hydrogens is 334 g/mol. The van der Waals surface area contributed by atoms with E-state index in [9.17, 15) is 24.9 Å². The van der Waals surface area contributed by atoms with Crippen molar-refractivity contribution < 1.29 is 20.1 Å². The first kappa shape index (κ1) is 17.5. The van der Waals surface area contributed by atoms with Crippen LogP contribution in [0.5, 0.6) is 0 Å². The van der Waals surface area contributed by atoms with Gasteiger partial charge in [-0.3, -0.25) is 14.3 Å². The zero-order chi connectivity index (χ0) is 18.1. The summed E-state index contributed by atoms with van der Waals surface area (Å²) in [4.78, 5) is 25.8. The number of aromatic amines is 1. The first-order valence-corrected chi connectivity index (χ1v) is 7.73. The first-order chi connectivity index (χ1) is 12.0. The summed E-state index contributed by atoms with van der Waals surface area (Å²) < 4.78 is 8.39. The molecule has 136 valence electrons. The summed E-state index contributed by atoms with van der Waals surface area (Å²) in [5, 5.41) is 36.1. The minimum Gasteiger partial charge on any atom is -0.394 e. The summed E-state index contributed by atoms with van der Waals surface area (Å²) in [6, 6.07) is -0.496. The Morgan fingerprint density at radius 3 is 2.72 bits per heavy atom. The van der Waals surface area contributed by atoms with Crippen LogP contribution < -0.4 is 11.2 Å². The molecule has 1 saturated heterocycles. The van der Waals surface area contributed by atoms with Crippen molar-refractivity contribution in [3.8, 4) is 0 Å². The summed E-state index contributed by atoms with van der Waals surface area (Å²) >= 11 is 0. The third kappa shape index (κ3) is 3.02. The van der Waals surface area contributed by atoms with Crippen LogP contribution in [0.15, 0.2) is 15.8 Å². The maximum absolute atomic E-state index is 12.0. The highest BCUT2D eigenvalue weighted by atomic mass is 16.5. The fraction of sp³-hybridized carbons (Fsp3) is 0.571. The lowest BCUT2D eigenvalue weighted by atomic mass is 10.1. The standard InChI is InChI=1S/C14H19N5O6/c1-7-3-18(14(24)15-13(7)23)12-2-9(11(6-22)25-12)19-10(5-21)8(4-20)16-17-19/h3,9,11-12,20-22H,2,4-6H2,1H3,(H,15,23,24)/t9?,11-,12-/m1/s1. The Morgan fingerprint density at radius 1 is 1.32 bits per heavy atom. The van der Waals surface area contributed by atoms with E-state index in [2.05, 4.69) is 15.3 Å². The largest absolute Gasteiger partial charge is 0.394 e. The van der Waals surface area contributed by atoms with Gasteiger partial charge in [0.25, 0.3) is 5.56 Å². The van der Waals surface area contributed by atoms with Gasteiger partial charge in [-0.2, -0.15) is 0 Å². The molecule has 0 saturated carbocycles. The molecule has 2 aromatic heterocycles. The molecule has 3 atom stereocenters. The average Bonchev–Trinajstić information content (AvgIpc) is 3.20. The van der Waals surface area contributed by atoms with E-state index in [0.29, 0.717) is 11.3 Å². The molecule has 3 rings (SSSR count). The van der Waals surface area contributed by atoms with E-state index in [1.807, 2.05) is 0 Å². The van der Waals surface area contributed by atoms with E-state index in [1.54, 1.807) is 6.92 Å². The predicted octanol–water partition coefficient (Wildman–Crippen LogP) is -2.06. The number of ether oxygens (including phenoxy) is 1. The highest BCUT2D eigenvalue weighted by Crippen LogP contribution is 2.36. The minimum absolute atomic E-state index is 0.236. The second kappa shape index (κ2) is 6.88. The monoisotopic (exact) mass is 353 g/mol. The number of H-pyrrole nitrogens is 1. The van der Waals surface area contributed by atoms with Crippen molar-refractivity contribution in [2.45, 2.75) is 44.9 Å². The lowest BCUT2D eigenvalue weighted by Gasteiger charge is -2.17. The van der Waals surface area contributed by atoms with Gasteiger partial charge < -0.3 is 20.1 Å². The van der Waals surface area contributed by atoms with Crippen LogP contribution in [-0.4, -0.2) is 52.6 Å². The summed E-state index contributed by atoms with van der Waals surface area (Å²) in [5.74, 6) is 0. The molecule has 0 aliphatic carbocycles. The van der Waals surface area contributed by atoms with Crippen molar-refractivity contribution in [1.29, 1.82) is 0 Å². The van der Waals surface area contributed by atoms with E-state index in [-0.39, 0.29) is 31.9 Å². The number of aryl methyl sites for hydroxylation is 1. The van der Waals surface area contributed by atoms with Crippen molar-refractivity contribution in [2.75, 3.05) is 6.61 Å². The van der Waals surface area contributed by atoms with Gasteiger partial charge in [0.1, 0.15) is 18.0 Å². The van der Waals surface area contributed by atoms with Crippen LogP contribution in [0, 0.1) is 6.92 Å². The Kier molecular flexibility index (Phi) is 4.81. The molecule has 4 N–H and O–H groups in total. The number of nitrogens with zero attached hydrogens (tertiary/aromatic N) is 4. The molecule has 11 nitrogen and oxygen atoms in total. The average molecular weight is 353 g/mol. The molecule has 2 aromatic rings. The number of nitrogens with one attached hydrogen (secondary N) is 1. The van der Waals surface area contributed by atoms with Gasteiger partial charge in [-0.1, -0.05) is 5.21 Å². The lowest BCUT2D eigenvalue weighted by Crippen LogP contribution is -2.33. The third-order valence-corrected chi connectivity index (χ3v) is 4.33. The minimum atomic E-state index is -0.724. The molecule has 0 bridgehead atoms. The molecule has 1 unspecified atom stereocenters. The molecule has 0 radical (unpaired) electrons. The van der Waals surface area contributed by atoms with E-state index in [0.717, 1.165) is 0 Å².